The molecule has 0 fully saturated rings. The minimum atomic E-state index is 0.284. The number of nitrogens with two attached hydrogens (primary N) is 1. The summed E-state index contributed by atoms with van der Waals surface area (Å²) < 4.78 is 5.72. The summed E-state index contributed by atoms with van der Waals surface area (Å²) in [6, 6.07) is 15.9. The summed E-state index contributed by atoms with van der Waals surface area (Å²) >= 11 is 0. The molecule has 3 nitrogen and oxygen atoms in total. The van der Waals surface area contributed by atoms with Gasteiger partial charge in [0.25, 0.3) is 0 Å². The molecule has 0 aliphatic carbocycles. The second-order valence-electron chi connectivity index (χ2n) is 5.56. The molecule has 0 saturated carbocycles. The van der Waals surface area contributed by atoms with Crippen molar-refractivity contribution in [1.82, 2.24) is 0 Å². The van der Waals surface area contributed by atoms with Crippen LogP contribution in [0.3, 0.4) is 0 Å². The smallest absolute Gasteiger partial charge is 0.119 e. The van der Waals surface area contributed by atoms with Crippen LogP contribution in [0.25, 0.3) is 12.2 Å². The lowest BCUT2D eigenvalue weighted by Gasteiger charge is -2.06. The molecule has 122 valence electrons. The van der Waals surface area contributed by atoms with Gasteiger partial charge in [0.15, 0.2) is 0 Å². The number of unbranched alkanes of at least 4 members (excludes halogenated alkanes) is 3. The van der Waals surface area contributed by atoms with E-state index in [4.69, 9.17) is 15.6 Å². The molecule has 3 heteroatoms. The number of benzene rings is 2. The zero-order valence-corrected chi connectivity index (χ0v) is 13.4. The molecule has 0 atom stereocenters. The molecule has 0 saturated heterocycles. The van der Waals surface area contributed by atoms with Crippen molar-refractivity contribution in [2.24, 2.45) is 0 Å². The summed E-state index contributed by atoms with van der Waals surface area (Å²) in [6.07, 6.45) is 8.21. The van der Waals surface area contributed by atoms with Crippen LogP contribution in [-0.4, -0.2) is 18.3 Å². The Morgan fingerprint density at radius 2 is 1.35 bits per heavy atom. The third-order valence-corrected chi connectivity index (χ3v) is 3.61. The molecule has 0 aliphatic heterocycles. The highest BCUT2D eigenvalue weighted by Gasteiger charge is 1.95. The summed E-state index contributed by atoms with van der Waals surface area (Å²) in [5.74, 6) is 0.900. The van der Waals surface area contributed by atoms with E-state index < -0.39 is 0 Å². The molecule has 0 amide bonds. The van der Waals surface area contributed by atoms with E-state index in [0.29, 0.717) is 0 Å². The van der Waals surface area contributed by atoms with E-state index >= 15 is 0 Å². The van der Waals surface area contributed by atoms with Crippen LogP contribution < -0.4 is 10.5 Å². The summed E-state index contributed by atoms with van der Waals surface area (Å²) in [4.78, 5) is 0. The topological polar surface area (TPSA) is 55.5 Å². The first-order valence-corrected chi connectivity index (χ1v) is 8.15. The molecule has 0 aromatic heterocycles. The van der Waals surface area contributed by atoms with Crippen LogP contribution in [0.5, 0.6) is 5.75 Å². The molecule has 2 rings (SSSR count). The van der Waals surface area contributed by atoms with Crippen molar-refractivity contribution in [3.63, 3.8) is 0 Å². The normalized spacial score (nSPS) is 11.0. The first kappa shape index (κ1) is 17.1. The van der Waals surface area contributed by atoms with Crippen molar-refractivity contribution in [3.05, 3.63) is 59.7 Å². The van der Waals surface area contributed by atoms with Crippen molar-refractivity contribution in [1.29, 1.82) is 0 Å². The van der Waals surface area contributed by atoms with Crippen molar-refractivity contribution >= 4 is 17.8 Å². The second-order valence-corrected chi connectivity index (χ2v) is 5.56. The highest BCUT2D eigenvalue weighted by atomic mass is 16.5. The molecule has 0 heterocycles. The molecule has 0 bridgehead atoms. The number of hydrogen-bond donors (Lipinski definition) is 2. The molecule has 0 aliphatic rings. The maximum Gasteiger partial charge on any atom is 0.119 e. The van der Waals surface area contributed by atoms with E-state index in [2.05, 4.69) is 24.3 Å². The van der Waals surface area contributed by atoms with Gasteiger partial charge >= 0.3 is 0 Å². The summed E-state index contributed by atoms with van der Waals surface area (Å²) in [5, 5.41) is 8.71. The van der Waals surface area contributed by atoms with Crippen LogP contribution in [0.1, 0.15) is 36.8 Å². The summed E-state index contributed by atoms with van der Waals surface area (Å²) in [6.45, 7) is 1.01. The number of aliphatic hydroxyl groups excluding tert-OH is 1. The van der Waals surface area contributed by atoms with E-state index in [1.165, 1.54) is 0 Å². The molecule has 2 aromatic rings. The van der Waals surface area contributed by atoms with Crippen LogP contribution in [-0.2, 0) is 0 Å². The Balaban J connectivity index is 1.76. The Morgan fingerprint density at radius 1 is 0.783 bits per heavy atom. The average molecular weight is 311 g/mol. The molecule has 0 spiro atoms. The van der Waals surface area contributed by atoms with Crippen molar-refractivity contribution in [3.8, 4) is 5.75 Å². The Labute approximate surface area is 138 Å². The third-order valence-electron chi connectivity index (χ3n) is 3.61. The van der Waals surface area contributed by atoms with Crippen molar-refractivity contribution < 1.29 is 9.84 Å². The highest BCUT2D eigenvalue weighted by Crippen LogP contribution is 2.15. The van der Waals surface area contributed by atoms with Gasteiger partial charge in [0.2, 0.25) is 0 Å². The molecule has 23 heavy (non-hydrogen) atoms. The fourth-order valence-corrected chi connectivity index (χ4v) is 2.23. The maximum absolute atomic E-state index is 8.71. The number of hydrogen-bond acceptors (Lipinski definition) is 3. The third kappa shape index (κ3) is 6.57. The van der Waals surface area contributed by atoms with Crippen molar-refractivity contribution in [2.75, 3.05) is 18.9 Å². The summed E-state index contributed by atoms with van der Waals surface area (Å²) in [7, 11) is 0. The number of ether oxygens (including phenoxy) is 1. The zero-order chi connectivity index (χ0) is 16.3. The van der Waals surface area contributed by atoms with Crippen LogP contribution >= 0.6 is 0 Å². The maximum atomic E-state index is 8.71. The van der Waals surface area contributed by atoms with Crippen molar-refractivity contribution in [2.45, 2.75) is 25.7 Å². The standard InChI is InChI=1S/C20H25NO2/c21-19-11-7-17(8-12-19)5-6-18-9-13-20(14-10-18)23-16-4-2-1-3-15-22/h5-14,22H,1-4,15-16,21H2. The Kier molecular flexibility index (Phi) is 7.21. The van der Waals surface area contributed by atoms with Gasteiger partial charge in [-0.3, -0.25) is 0 Å². The minimum absolute atomic E-state index is 0.284. The quantitative estimate of drug-likeness (QED) is 0.411. The van der Waals surface area contributed by atoms with Gasteiger partial charge in [-0.1, -0.05) is 42.8 Å². The lowest BCUT2D eigenvalue weighted by molar-refractivity contribution is 0.273. The van der Waals surface area contributed by atoms with Crippen LogP contribution in [0.4, 0.5) is 5.69 Å². The van der Waals surface area contributed by atoms with Gasteiger partial charge < -0.3 is 15.6 Å². The largest absolute Gasteiger partial charge is 0.494 e. The van der Waals surface area contributed by atoms with E-state index in [1.807, 2.05) is 36.4 Å². The predicted octanol–water partition coefficient (Wildman–Crippen LogP) is 4.37. The lowest BCUT2D eigenvalue weighted by atomic mass is 10.1. The zero-order valence-electron chi connectivity index (χ0n) is 13.4. The van der Waals surface area contributed by atoms with Gasteiger partial charge in [0.05, 0.1) is 6.61 Å². The molecule has 3 N–H and O–H groups in total. The van der Waals surface area contributed by atoms with Gasteiger partial charge in [0, 0.05) is 12.3 Å². The number of rotatable bonds is 9. The molecular formula is C20H25NO2. The van der Waals surface area contributed by atoms with Crippen LogP contribution in [0, 0.1) is 0 Å². The average Bonchev–Trinajstić information content (AvgIpc) is 2.58. The Bertz CT molecular complexity index is 588. The molecule has 2 aromatic carbocycles. The lowest BCUT2D eigenvalue weighted by Crippen LogP contribution is -1.97. The number of anilines is 1. The number of aliphatic hydroxyl groups is 1. The van der Waals surface area contributed by atoms with Gasteiger partial charge in [-0.15, -0.1) is 0 Å². The highest BCUT2D eigenvalue weighted by molar-refractivity contribution is 5.70. The van der Waals surface area contributed by atoms with E-state index in [-0.39, 0.29) is 6.61 Å². The first-order chi connectivity index (χ1) is 11.3. The van der Waals surface area contributed by atoms with Crippen LogP contribution in [0.2, 0.25) is 0 Å². The first-order valence-electron chi connectivity index (χ1n) is 8.15. The fourth-order valence-electron chi connectivity index (χ4n) is 2.23. The second kappa shape index (κ2) is 9.70. The minimum Gasteiger partial charge on any atom is -0.494 e. The SMILES string of the molecule is Nc1ccc(C=Cc2ccc(OCCCCCCO)cc2)cc1. The molecule has 0 unspecified atom stereocenters. The monoisotopic (exact) mass is 311 g/mol. The molecule has 0 radical (unpaired) electrons. The van der Waals surface area contributed by atoms with E-state index in [1.54, 1.807) is 0 Å². The van der Waals surface area contributed by atoms with E-state index in [9.17, 15) is 0 Å². The summed E-state index contributed by atoms with van der Waals surface area (Å²) in [5.41, 5.74) is 8.72. The Morgan fingerprint density at radius 3 is 1.96 bits per heavy atom. The van der Waals surface area contributed by atoms with Crippen LogP contribution in [0.15, 0.2) is 48.5 Å². The van der Waals surface area contributed by atoms with E-state index in [0.717, 1.165) is 54.9 Å². The fraction of sp³-hybridized carbons (Fsp3) is 0.300. The molecular weight excluding hydrogens is 286 g/mol. The van der Waals surface area contributed by atoms with Gasteiger partial charge in [-0.2, -0.15) is 0 Å². The predicted molar refractivity (Wildman–Crippen MR) is 97.3 cm³/mol. The Hall–Kier alpha value is -2.26. The van der Waals surface area contributed by atoms with Gasteiger partial charge in [0.1, 0.15) is 5.75 Å². The number of nitrogen functional groups attached to an aromatic ring is 1. The van der Waals surface area contributed by atoms with Gasteiger partial charge in [-0.05, 0) is 54.7 Å². The van der Waals surface area contributed by atoms with Gasteiger partial charge in [-0.25, -0.2) is 0 Å².